The Hall–Kier alpha value is -0.880. The quantitative estimate of drug-likeness (QED) is 0.705. The van der Waals surface area contributed by atoms with Gasteiger partial charge in [0.15, 0.2) is 0 Å². The van der Waals surface area contributed by atoms with Crippen LogP contribution in [0.5, 0.6) is 0 Å². The summed E-state index contributed by atoms with van der Waals surface area (Å²) in [6.07, 6.45) is 0.859. The fourth-order valence-electron chi connectivity index (χ4n) is 0.449. The molecular formula is C8H15NO4S. The molecule has 1 N–H and O–H groups in total. The number of carbonyl (C=O) groups is 1. The normalized spacial score (nSPS) is 12.2. The molecule has 0 radical (unpaired) electrons. The van der Waals surface area contributed by atoms with E-state index in [9.17, 15) is 13.2 Å². The summed E-state index contributed by atoms with van der Waals surface area (Å²) in [4.78, 5) is 10.7. The zero-order chi connectivity index (χ0) is 11.4. The van der Waals surface area contributed by atoms with Gasteiger partial charge in [0.25, 0.3) is 5.91 Å². The zero-order valence-corrected chi connectivity index (χ0v) is 9.35. The molecule has 0 atom stereocenters. The minimum atomic E-state index is -4.00. The Labute approximate surface area is 84.4 Å². The number of hydrogen-bond acceptors (Lipinski definition) is 4. The van der Waals surface area contributed by atoms with Crippen molar-refractivity contribution in [3.05, 3.63) is 12.7 Å². The lowest BCUT2D eigenvalue weighted by Gasteiger charge is -2.17. The predicted octanol–water partition coefficient (Wildman–Crippen LogP) is 0.596. The van der Waals surface area contributed by atoms with Gasteiger partial charge in [-0.25, -0.2) is 4.72 Å². The molecule has 0 fully saturated rings. The predicted molar refractivity (Wildman–Crippen MR) is 52.7 cm³/mol. The first-order chi connectivity index (χ1) is 6.16. The molecule has 0 aliphatic rings. The van der Waals surface area contributed by atoms with Gasteiger partial charge in [0, 0.05) is 0 Å². The van der Waals surface area contributed by atoms with Crippen LogP contribution in [0.2, 0.25) is 0 Å². The van der Waals surface area contributed by atoms with Gasteiger partial charge in [0.1, 0.15) is 0 Å². The molecule has 0 saturated carbocycles. The molecule has 0 aliphatic heterocycles. The summed E-state index contributed by atoms with van der Waals surface area (Å²) in [5.41, 5.74) is -0.286. The van der Waals surface area contributed by atoms with Crippen LogP contribution in [-0.4, -0.2) is 20.9 Å². The third-order valence-corrected chi connectivity index (χ3v) is 1.94. The van der Waals surface area contributed by atoms with Gasteiger partial charge in [-0.1, -0.05) is 27.4 Å². The van der Waals surface area contributed by atoms with Crippen LogP contribution in [-0.2, 0) is 19.3 Å². The molecule has 0 unspecified atom stereocenters. The molecule has 6 heteroatoms. The molecule has 14 heavy (non-hydrogen) atoms. The van der Waals surface area contributed by atoms with Crippen LogP contribution < -0.4 is 4.72 Å². The van der Waals surface area contributed by atoms with Crippen molar-refractivity contribution < 1.29 is 17.4 Å². The molecule has 0 saturated heterocycles. The van der Waals surface area contributed by atoms with Gasteiger partial charge < -0.3 is 0 Å². The second-order valence-electron chi connectivity index (χ2n) is 3.95. The molecule has 0 bridgehead atoms. The van der Waals surface area contributed by atoms with Crippen LogP contribution in [0.15, 0.2) is 12.7 Å². The van der Waals surface area contributed by atoms with E-state index in [1.807, 2.05) is 20.8 Å². The fourth-order valence-corrected chi connectivity index (χ4v) is 1.35. The zero-order valence-electron chi connectivity index (χ0n) is 8.53. The summed E-state index contributed by atoms with van der Waals surface area (Å²) < 4.78 is 28.3. The van der Waals surface area contributed by atoms with E-state index in [-0.39, 0.29) is 12.0 Å². The second-order valence-corrected chi connectivity index (χ2v) is 5.30. The second kappa shape index (κ2) is 4.56. The maximum absolute atomic E-state index is 11.0. The van der Waals surface area contributed by atoms with Crippen molar-refractivity contribution in [3.8, 4) is 0 Å². The highest BCUT2D eigenvalue weighted by molar-refractivity contribution is 7.85. The first-order valence-electron chi connectivity index (χ1n) is 4.00. The van der Waals surface area contributed by atoms with Crippen molar-refractivity contribution in [1.29, 1.82) is 0 Å². The average Bonchev–Trinajstić information content (AvgIpc) is 1.99. The Morgan fingerprint density at radius 1 is 1.50 bits per heavy atom. The van der Waals surface area contributed by atoms with Crippen LogP contribution in [0.1, 0.15) is 20.8 Å². The van der Waals surface area contributed by atoms with Crippen molar-refractivity contribution in [2.24, 2.45) is 5.41 Å². The lowest BCUT2D eigenvalue weighted by Crippen LogP contribution is -2.32. The first kappa shape index (κ1) is 13.1. The highest BCUT2D eigenvalue weighted by Crippen LogP contribution is 2.13. The Bertz CT molecular complexity index is 313. The van der Waals surface area contributed by atoms with E-state index in [0.717, 1.165) is 6.08 Å². The van der Waals surface area contributed by atoms with E-state index in [4.69, 9.17) is 0 Å². The Morgan fingerprint density at radius 2 is 2.00 bits per heavy atom. The molecule has 0 aliphatic carbocycles. The summed E-state index contributed by atoms with van der Waals surface area (Å²) in [5, 5.41) is 0. The lowest BCUT2D eigenvalue weighted by atomic mass is 9.99. The summed E-state index contributed by atoms with van der Waals surface area (Å²) in [5.74, 6) is -0.807. The van der Waals surface area contributed by atoms with Crippen molar-refractivity contribution in [2.75, 3.05) is 6.61 Å². The topological polar surface area (TPSA) is 72.5 Å². The van der Waals surface area contributed by atoms with E-state index < -0.39 is 16.2 Å². The molecular weight excluding hydrogens is 206 g/mol. The van der Waals surface area contributed by atoms with Gasteiger partial charge in [-0.3, -0.25) is 8.98 Å². The summed E-state index contributed by atoms with van der Waals surface area (Å²) >= 11 is 0. The lowest BCUT2D eigenvalue weighted by molar-refractivity contribution is -0.115. The van der Waals surface area contributed by atoms with Crippen molar-refractivity contribution >= 4 is 16.2 Å². The van der Waals surface area contributed by atoms with Gasteiger partial charge in [0.05, 0.1) is 6.61 Å². The number of rotatable bonds is 4. The van der Waals surface area contributed by atoms with E-state index in [0.29, 0.717) is 0 Å². The molecule has 5 nitrogen and oxygen atoms in total. The minimum absolute atomic E-state index is 0.00670. The number of carbonyl (C=O) groups excluding carboxylic acids is 1. The number of nitrogens with one attached hydrogen (secondary N) is 1. The van der Waals surface area contributed by atoms with Crippen LogP contribution in [0.3, 0.4) is 0 Å². The molecule has 82 valence electrons. The largest absolute Gasteiger partial charge is 0.362 e. The summed E-state index contributed by atoms with van der Waals surface area (Å²) in [7, 11) is -4.00. The number of hydrogen-bond donors (Lipinski definition) is 1. The smallest absolute Gasteiger partial charge is 0.269 e. The van der Waals surface area contributed by atoms with E-state index in [1.54, 1.807) is 4.72 Å². The van der Waals surface area contributed by atoms with E-state index in [1.165, 1.54) is 0 Å². The molecule has 0 rings (SSSR count). The van der Waals surface area contributed by atoms with Gasteiger partial charge in [-0.05, 0) is 11.5 Å². The summed E-state index contributed by atoms with van der Waals surface area (Å²) in [6.45, 7) is 8.58. The molecule has 1 amide bonds. The van der Waals surface area contributed by atoms with E-state index in [2.05, 4.69) is 10.8 Å². The maximum atomic E-state index is 11.0. The minimum Gasteiger partial charge on any atom is -0.269 e. The third-order valence-electron chi connectivity index (χ3n) is 1.06. The monoisotopic (exact) mass is 221 g/mol. The van der Waals surface area contributed by atoms with Gasteiger partial charge in [-0.2, -0.15) is 8.42 Å². The number of amides is 1. The summed E-state index contributed by atoms with van der Waals surface area (Å²) in [6, 6.07) is 0. The van der Waals surface area contributed by atoms with Crippen LogP contribution in [0.25, 0.3) is 0 Å². The van der Waals surface area contributed by atoms with Gasteiger partial charge in [0.2, 0.25) is 0 Å². The van der Waals surface area contributed by atoms with Gasteiger partial charge in [-0.15, -0.1) is 0 Å². The average molecular weight is 221 g/mol. The fraction of sp³-hybridized carbons (Fsp3) is 0.625. The van der Waals surface area contributed by atoms with Crippen LogP contribution >= 0.6 is 0 Å². The Morgan fingerprint density at radius 3 is 2.36 bits per heavy atom. The molecule has 0 aromatic carbocycles. The molecule has 0 spiro atoms. The highest BCUT2D eigenvalue weighted by atomic mass is 32.2. The van der Waals surface area contributed by atoms with Crippen LogP contribution in [0, 0.1) is 5.41 Å². The molecule has 0 heterocycles. The standard InChI is InChI=1S/C8H15NO4S/c1-5-7(10)9-14(11,12)13-6-8(2,3)4/h5H,1,6H2,2-4H3,(H,9,10). The van der Waals surface area contributed by atoms with Crippen LogP contribution in [0.4, 0.5) is 0 Å². The van der Waals surface area contributed by atoms with Crippen molar-refractivity contribution in [2.45, 2.75) is 20.8 Å². The maximum Gasteiger partial charge on any atom is 0.362 e. The van der Waals surface area contributed by atoms with Crippen molar-refractivity contribution in [1.82, 2.24) is 4.72 Å². The molecule has 0 aromatic heterocycles. The highest BCUT2D eigenvalue weighted by Gasteiger charge is 2.18. The van der Waals surface area contributed by atoms with Crippen molar-refractivity contribution in [3.63, 3.8) is 0 Å². The molecule has 0 aromatic rings. The van der Waals surface area contributed by atoms with Gasteiger partial charge >= 0.3 is 10.3 Å². The first-order valence-corrected chi connectivity index (χ1v) is 5.41. The Kier molecular flexibility index (Phi) is 4.28. The van der Waals surface area contributed by atoms with E-state index >= 15 is 0 Å². The SMILES string of the molecule is C=CC(=O)NS(=O)(=O)OCC(C)(C)C. The Balaban J connectivity index is 4.23. The third kappa shape index (κ3) is 6.62.